The Hall–Kier alpha value is -1.50. The predicted octanol–water partition coefficient (Wildman–Crippen LogP) is 2.67. The van der Waals surface area contributed by atoms with Gasteiger partial charge in [0.05, 0.1) is 20.8 Å². The van der Waals surface area contributed by atoms with Crippen molar-refractivity contribution in [2.45, 2.75) is 44.1 Å². The van der Waals surface area contributed by atoms with E-state index in [1.807, 2.05) is 18.2 Å². The van der Waals surface area contributed by atoms with E-state index in [-0.39, 0.29) is 5.91 Å². The van der Waals surface area contributed by atoms with Crippen molar-refractivity contribution in [3.63, 3.8) is 0 Å². The first-order chi connectivity index (χ1) is 11.6. The fraction of sp³-hybridized carbons (Fsp3) is 0.556. The number of thiazole rings is 1. The summed E-state index contributed by atoms with van der Waals surface area (Å²) in [4.78, 5) is 16.5. The van der Waals surface area contributed by atoms with Crippen LogP contribution >= 0.6 is 11.3 Å². The number of hydrogen-bond donors (Lipinski definition) is 2. The minimum Gasteiger partial charge on any atom is -0.388 e. The van der Waals surface area contributed by atoms with Crippen LogP contribution in [0.2, 0.25) is 0 Å². The first-order valence-electron chi connectivity index (χ1n) is 8.56. The molecule has 1 aromatic carbocycles. The lowest BCUT2D eigenvalue weighted by molar-refractivity contribution is -0.124. The summed E-state index contributed by atoms with van der Waals surface area (Å²) in [6, 6.07) is 8.15. The minimum absolute atomic E-state index is 0.0132. The number of nitrogens with zero attached hydrogens (tertiary/aromatic N) is 1. The number of aryl methyl sites for hydroxylation is 1. The number of aromatic nitrogens is 1. The normalized spacial score (nSPS) is 17.0. The highest BCUT2D eigenvalue weighted by Gasteiger charge is 2.29. The Morgan fingerprint density at radius 1 is 1.29 bits per heavy atom. The van der Waals surface area contributed by atoms with Crippen molar-refractivity contribution >= 4 is 27.5 Å². The van der Waals surface area contributed by atoms with Crippen LogP contribution in [0.15, 0.2) is 24.3 Å². The number of hydrogen-bond acceptors (Lipinski definition) is 5. The lowest BCUT2D eigenvalue weighted by Crippen LogP contribution is -2.46. The summed E-state index contributed by atoms with van der Waals surface area (Å²) in [5.74, 6) is 0.0132. The molecule has 0 spiro atoms. The number of benzene rings is 1. The maximum absolute atomic E-state index is 11.9. The van der Waals surface area contributed by atoms with Gasteiger partial charge < -0.3 is 15.2 Å². The van der Waals surface area contributed by atoms with Crippen LogP contribution in [-0.4, -0.2) is 41.4 Å². The van der Waals surface area contributed by atoms with Crippen LogP contribution in [-0.2, 0) is 16.0 Å². The second kappa shape index (κ2) is 8.05. The summed E-state index contributed by atoms with van der Waals surface area (Å²) >= 11 is 1.73. The molecular weight excluding hydrogens is 324 g/mol. The molecule has 1 saturated heterocycles. The Morgan fingerprint density at radius 2 is 2.08 bits per heavy atom. The molecule has 3 rings (SSSR count). The smallest absolute Gasteiger partial charge is 0.220 e. The summed E-state index contributed by atoms with van der Waals surface area (Å²) in [5, 5.41) is 14.3. The SMILES string of the molecule is O=C(CCCCc1nc2ccccc2s1)NCC1(O)CCOCC1. The summed E-state index contributed by atoms with van der Waals surface area (Å²) in [6.07, 6.45) is 4.37. The molecule has 2 N–H and O–H groups in total. The average Bonchev–Trinajstić information content (AvgIpc) is 3.00. The number of fused-ring (bicyclic) bond motifs is 1. The van der Waals surface area contributed by atoms with Gasteiger partial charge in [-0.1, -0.05) is 12.1 Å². The fourth-order valence-corrected chi connectivity index (χ4v) is 3.88. The number of carbonyl (C=O) groups excluding carboxylic acids is 1. The minimum atomic E-state index is -0.797. The number of amides is 1. The van der Waals surface area contributed by atoms with Crippen molar-refractivity contribution in [2.24, 2.45) is 0 Å². The number of nitrogens with one attached hydrogen (secondary N) is 1. The zero-order chi connectivity index (χ0) is 16.8. The van der Waals surface area contributed by atoms with Crippen LogP contribution < -0.4 is 5.32 Å². The van der Waals surface area contributed by atoms with Crippen molar-refractivity contribution in [3.05, 3.63) is 29.3 Å². The third-order valence-electron chi connectivity index (χ3n) is 4.42. The van der Waals surface area contributed by atoms with E-state index in [0.29, 0.717) is 39.0 Å². The Kier molecular flexibility index (Phi) is 5.81. The van der Waals surface area contributed by atoms with Crippen molar-refractivity contribution in [1.29, 1.82) is 0 Å². The topological polar surface area (TPSA) is 71.5 Å². The molecule has 0 saturated carbocycles. The number of ether oxygens (including phenoxy) is 1. The largest absolute Gasteiger partial charge is 0.388 e. The molecule has 5 nitrogen and oxygen atoms in total. The zero-order valence-electron chi connectivity index (χ0n) is 13.8. The van der Waals surface area contributed by atoms with Crippen molar-refractivity contribution in [3.8, 4) is 0 Å². The second-order valence-corrected chi connectivity index (χ2v) is 7.51. The maximum atomic E-state index is 11.9. The van der Waals surface area contributed by atoms with E-state index >= 15 is 0 Å². The summed E-state index contributed by atoms with van der Waals surface area (Å²) in [6.45, 7) is 1.45. The predicted molar refractivity (Wildman–Crippen MR) is 95.2 cm³/mol. The summed E-state index contributed by atoms with van der Waals surface area (Å²) in [7, 11) is 0. The van der Waals surface area contributed by atoms with Gasteiger partial charge in [-0.15, -0.1) is 11.3 Å². The van der Waals surface area contributed by atoms with E-state index in [0.717, 1.165) is 29.8 Å². The molecular formula is C18H24N2O3S. The van der Waals surface area contributed by atoms with Crippen LogP contribution in [0.5, 0.6) is 0 Å². The molecule has 1 aliphatic heterocycles. The van der Waals surface area contributed by atoms with Crippen LogP contribution in [0.4, 0.5) is 0 Å². The highest BCUT2D eigenvalue weighted by Crippen LogP contribution is 2.23. The van der Waals surface area contributed by atoms with E-state index in [2.05, 4.69) is 16.4 Å². The Bertz CT molecular complexity index is 647. The van der Waals surface area contributed by atoms with Gasteiger partial charge >= 0.3 is 0 Å². The number of unbranched alkanes of at least 4 members (excludes halogenated alkanes) is 1. The molecule has 1 aromatic heterocycles. The van der Waals surface area contributed by atoms with Gasteiger partial charge in [0.1, 0.15) is 0 Å². The first kappa shape index (κ1) is 17.3. The van der Waals surface area contributed by atoms with Crippen LogP contribution in [0.3, 0.4) is 0 Å². The van der Waals surface area contributed by atoms with Crippen LogP contribution in [0, 0.1) is 0 Å². The third kappa shape index (κ3) is 4.75. The van der Waals surface area contributed by atoms with Crippen molar-refractivity contribution in [1.82, 2.24) is 10.3 Å². The van der Waals surface area contributed by atoms with Gasteiger partial charge in [-0.05, 0) is 31.4 Å². The molecule has 2 aromatic rings. The van der Waals surface area contributed by atoms with Crippen molar-refractivity contribution < 1.29 is 14.6 Å². The molecule has 0 radical (unpaired) electrons. The average molecular weight is 348 g/mol. The van der Waals surface area contributed by atoms with Crippen LogP contribution in [0.1, 0.15) is 37.1 Å². The van der Waals surface area contributed by atoms with Crippen LogP contribution in [0.25, 0.3) is 10.2 Å². The Morgan fingerprint density at radius 3 is 2.88 bits per heavy atom. The molecule has 2 heterocycles. The number of aliphatic hydroxyl groups is 1. The second-order valence-electron chi connectivity index (χ2n) is 6.40. The van der Waals surface area contributed by atoms with Gasteiger partial charge in [0.2, 0.25) is 5.91 Å². The number of carbonyl (C=O) groups is 1. The van der Waals surface area contributed by atoms with Gasteiger partial charge in [0, 0.05) is 39.0 Å². The fourth-order valence-electron chi connectivity index (χ4n) is 2.87. The quantitative estimate of drug-likeness (QED) is 0.755. The van der Waals surface area contributed by atoms with Crippen molar-refractivity contribution in [2.75, 3.05) is 19.8 Å². The molecule has 24 heavy (non-hydrogen) atoms. The van der Waals surface area contributed by atoms with E-state index < -0.39 is 5.60 Å². The maximum Gasteiger partial charge on any atom is 0.220 e. The third-order valence-corrected chi connectivity index (χ3v) is 5.52. The van der Waals surface area contributed by atoms with E-state index in [1.54, 1.807) is 11.3 Å². The summed E-state index contributed by atoms with van der Waals surface area (Å²) < 4.78 is 6.45. The van der Waals surface area contributed by atoms with Gasteiger partial charge in [-0.25, -0.2) is 4.98 Å². The summed E-state index contributed by atoms with van der Waals surface area (Å²) in [5.41, 5.74) is 0.259. The lowest BCUT2D eigenvalue weighted by atomic mass is 9.94. The van der Waals surface area contributed by atoms with E-state index in [4.69, 9.17) is 4.74 Å². The van der Waals surface area contributed by atoms with Gasteiger partial charge in [0.25, 0.3) is 0 Å². The first-order valence-corrected chi connectivity index (χ1v) is 9.38. The van der Waals surface area contributed by atoms with E-state index in [1.165, 1.54) is 4.70 Å². The van der Waals surface area contributed by atoms with Gasteiger partial charge in [-0.3, -0.25) is 4.79 Å². The standard InChI is InChI=1S/C18H24N2O3S/c21-16(19-13-18(22)9-11-23-12-10-18)7-3-4-8-17-20-14-5-1-2-6-15(14)24-17/h1-2,5-6,22H,3-4,7-13H2,(H,19,21). The molecule has 1 aliphatic rings. The molecule has 130 valence electrons. The Labute approximate surface area is 146 Å². The molecule has 6 heteroatoms. The van der Waals surface area contributed by atoms with Gasteiger partial charge in [0.15, 0.2) is 0 Å². The van der Waals surface area contributed by atoms with Gasteiger partial charge in [-0.2, -0.15) is 0 Å². The molecule has 1 fully saturated rings. The number of rotatable bonds is 7. The van der Waals surface area contributed by atoms with E-state index in [9.17, 15) is 9.90 Å². The molecule has 0 unspecified atom stereocenters. The number of para-hydroxylation sites is 1. The molecule has 0 atom stereocenters. The Balaban J connectivity index is 1.34. The molecule has 0 bridgehead atoms. The molecule has 1 amide bonds. The highest BCUT2D eigenvalue weighted by atomic mass is 32.1. The molecule has 0 aliphatic carbocycles. The monoisotopic (exact) mass is 348 g/mol. The lowest BCUT2D eigenvalue weighted by Gasteiger charge is -2.32. The highest BCUT2D eigenvalue weighted by molar-refractivity contribution is 7.18. The zero-order valence-corrected chi connectivity index (χ0v) is 14.6.